The van der Waals surface area contributed by atoms with Crippen LogP contribution in [0.15, 0.2) is 28.4 Å². The molecular weight excluding hydrogens is 278 g/mol. The maximum Gasteiger partial charge on any atom is 0.351 e. The van der Waals surface area contributed by atoms with Crippen LogP contribution in [0.1, 0.15) is 30.5 Å². The van der Waals surface area contributed by atoms with E-state index in [1.165, 1.54) is 21.2 Å². The molecule has 102 valence electrons. The van der Waals surface area contributed by atoms with Gasteiger partial charge in [0.1, 0.15) is 6.33 Å². The summed E-state index contributed by atoms with van der Waals surface area (Å²) in [5.74, 6) is 0. The summed E-state index contributed by atoms with van der Waals surface area (Å²) < 4.78 is 1.54. The molecular formula is C13H17N3OS2. The minimum Gasteiger partial charge on any atom is -0.277 e. The van der Waals surface area contributed by atoms with Gasteiger partial charge in [-0.2, -0.15) is 4.98 Å². The van der Waals surface area contributed by atoms with Gasteiger partial charge in [0, 0.05) is 9.75 Å². The quantitative estimate of drug-likeness (QED) is 0.817. The molecule has 4 nitrogen and oxygen atoms in total. The van der Waals surface area contributed by atoms with Gasteiger partial charge in [-0.05, 0) is 23.8 Å². The van der Waals surface area contributed by atoms with Gasteiger partial charge in [0.2, 0.25) is 0 Å². The zero-order valence-corrected chi connectivity index (χ0v) is 13.1. The van der Waals surface area contributed by atoms with E-state index in [1.807, 2.05) is 6.26 Å². The molecule has 0 bridgehead atoms. The molecule has 2 aromatic heterocycles. The topological polar surface area (TPSA) is 47.8 Å². The average molecular weight is 295 g/mol. The first-order valence-corrected chi connectivity index (χ1v) is 8.01. The van der Waals surface area contributed by atoms with Crippen molar-refractivity contribution in [2.24, 2.45) is 0 Å². The Kier molecular flexibility index (Phi) is 4.10. The first-order chi connectivity index (χ1) is 8.90. The van der Waals surface area contributed by atoms with Crippen molar-refractivity contribution < 1.29 is 0 Å². The van der Waals surface area contributed by atoms with Crippen LogP contribution in [0.4, 0.5) is 0 Å². The van der Waals surface area contributed by atoms with Crippen LogP contribution in [0.3, 0.4) is 0 Å². The van der Waals surface area contributed by atoms with Gasteiger partial charge in [0.25, 0.3) is 0 Å². The van der Waals surface area contributed by atoms with Gasteiger partial charge in [0.05, 0.1) is 6.54 Å². The Morgan fingerprint density at radius 2 is 2.11 bits per heavy atom. The second kappa shape index (κ2) is 5.46. The zero-order chi connectivity index (χ0) is 14.0. The first kappa shape index (κ1) is 14.3. The van der Waals surface area contributed by atoms with Crippen LogP contribution in [0.2, 0.25) is 0 Å². The van der Waals surface area contributed by atoms with E-state index in [2.05, 4.69) is 42.9 Å². The number of aromatic nitrogens is 3. The minimum atomic E-state index is -0.245. The third-order valence-electron chi connectivity index (χ3n) is 2.65. The van der Waals surface area contributed by atoms with E-state index in [-0.39, 0.29) is 11.1 Å². The molecule has 0 unspecified atom stereocenters. The Morgan fingerprint density at radius 1 is 1.37 bits per heavy atom. The van der Waals surface area contributed by atoms with Gasteiger partial charge in [-0.3, -0.25) is 4.57 Å². The van der Waals surface area contributed by atoms with Crippen LogP contribution >= 0.6 is 23.1 Å². The highest BCUT2D eigenvalue weighted by molar-refractivity contribution is 7.98. The lowest BCUT2D eigenvalue weighted by Crippen LogP contribution is -2.23. The highest BCUT2D eigenvalue weighted by Crippen LogP contribution is 2.29. The Bertz CT molecular complexity index is 625. The van der Waals surface area contributed by atoms with Crippen molar-refractivity contribution in [2.75, 3.05) is 6.26 Å². The molecule has 0 aliphatic rings. The minimum absolute atomic E-state index is 0.146. The van der Waals surface area contributed by atoms with Crippen LogP contribution in [0, 0.1) is 0 Å². The van der Waals surface area contributed by atoms with Gasteiger partial charge in [0.15, 0.2) is 5.16 Å². The summed E-state index contributed by atoms with van der Waals surface area (Å²) in [6.45, 7) is 7.09. The maximum atomic E-state index is 11.8. The molecule has 0 fully saturated rings. The molecule has 0 atom stereocenters. The van der Waals surface area contributed by atoms with E-state index < -0.39 is 0 Å². The molecule has 0 saturated carbocycles. The van der Waals surface area contributed by atoms with E-state index in [1.54, 1.807) is 17.7 Å². The molecule has 0 saturated heterocycles. The lowest BCUT2D eigenvalue weighted by Gasteiger charge is -2.15. The summed E-state index contributed by atoms with van der Waals surface area (Å²) in [5.41, 5.74) is -0.0994. The van der Waals surface area contributed by atoms with Crippen molar-refractivity contribution in [2.45, 2.75) is 37.9 Å². The van der Waals surface area contributed by atoms with Crippen molar-refractivity contribution >= 4 is 23.1 Å². The fraction of sp³-hybridized carbons (Fsp3) is 0.462. The van der Waals surface area contributed by atoms with Gasteiger partial charge in [-0.15, -0.1) is 11.3 Å². The molecule has 0 aromatic carbocycles. The molecule has 0 amide bonds. The monoisotopic (exact) mass is 295 g/mol. The van der Waals surface area contributed by atoms with Crippen molar-refractivity contribution in [3.63, 3.8) is 0 Å². The highest BCUT2D eigenvalue weighted by Gasteiger charge is 2.16. The van der Waals surface area contributed by atoms with Crippen LogP contribution in [-0.2, 0) is 12.0 Å². The summed E-state index contributed by atoms with van der Waals surface area (Å²) in [6.07, 6.45) is 3.42. The molecule has 0 aliphatic carbocycles. The Morgan fingerprint density at radius 3 is 2.63 bits per heavy atom. The second-order valence-corrected chi connectivity index (χ2v) is 7.21. The molecule has 19 heavy (non-hydrogen) atoms. The molecule has 0 spiro atoms. The SMILES string of the molecule is CSc1ncn(Cc2ccc(C(C)(C)C)s2)c(=O)n1. The molecule has 2 aromatic rings. The number of nitrogens with zero attached hydrogens (tertiary/aromatic N) is 3. The van der Waals surface area contributed by atoms with Crippen LogP contribution in [0.5, 0.6) is 0 Å². The summed E-state index contributed by atoms with van der Waals surface area (Å²) in [4.78, 5) is 22.3. The number of hydrogen-bond donors (Lipinski definition) is 0. The lowest BCUT2D eigenvalue weighted by atomic mass is 9.95. The van der Waals surface area contributed by atoms with Gasteiger partial charge in [-0.25, -0.2) is 9.78 Å². The highest BCUT2D eigenvalue weighted by atomic mass is 32.2. The number of hydrogen-bond acceptors (Lipinski definition) is 5. The maximum absolute atomic E-state index is 11.8. The Labute approximate surface area is 120 Å². The normalized spacial score (nSPS) is 11.8. The molecule has 0 radical (unpaired) electrons. The molecule has 0 N–H and O–H groups in total. The van der Waals surface area contributed by atoms with Crippen LogP contribution in [-0.4, -0.2) is 20.8 Å². The summed E-state index contributed by atoms with van der Waals surface area (Å²) in [5, 5.41) is 0.516. The van der Waals surface area contributed by atoms with Crippen molar-refractivity contribution in [3.8, 4) is 0 Å². The average Bonchev–Trinajstić information content (AvgIpc) is 2.80. The van der Waals surface area contributed by atoms with Gasteiger partial charge >= 0.3 is 5.69 Å². The second-order valence-electron chi connectivity index (χ2n) is 5.27. The summed E-state index contributed by atoms with van der Waals surface area (Å²) in [6, 6.07) is 4.20. The molecule has 6 heteroatoms. The first-order valence-electron chi connectivity index (χ1n) is 5.97. The van der Waals surface area contributed by atoms with E-state index in [0.29, 0.717) is 11.7 Å². The van der Waals surface area contributed by atoms with E-state index >= 15 is 0 Å². The molecule has 0 aliphatic heterocycles. The lowest BCUT2D eigenvalue weighted by molar-refractivity contribution is 0.604. The van der Waals surface area contributed by atoms with Gasteiger partial charge in [-0.1, -0.05) is 32.5 Å². The summed E-state index contributed by atoms with van der Waals surface area (Å²) >= 11 is 3.11. The Hall–Kier alpha value is -1.14. The largest absolute Gasteiger partial charge is 0.351 e. The van der Waals surface area contributed by atoms with Crippen LogP contribution in [0.25, 0.3) is 0 Å². The third-order valence-corrected chi connectivity index (χ3v) is 4.71. The number of thioether (sulfide) groups is 1. The fourth-order valence-electron chi connectivity index (χ4n) is 1.58. The van der Waals surface area contributed by atoms with Crippen molar-refractivity contribution in [3.05, 3.63) is 38.7 Å². The van der Waals surface area contributed by atoms with E-state index in [0.717, 1.165) is 4.88 Å². The zero-order valence-electron chi connectivity index (χ0n) is 11.5. The predicted octanol–water partition coefficient (Wildman–Crippen LogP) is 2.77. The smallest absolute Gasteiger partial charge is 0.277 e. The third kappa shape index (κ3) is 3.45. The Balaban J connectivity index is 2.22. The fourth-order valence-corrected chi connectivity index (χ4v) is 2.97. The molecule has 2 heterocycles. The van der Waals surface area contributed by atoms with E-state index in [4.69, 9.17) is 0 Å². The molecule has 2 rings (SSSR count). The van der Waals surface area contributed by atoms with Crippen molar-refractivity contribution in [1.82, 2.24) is 14.5 Å². The van der Waals surface area contributed by atoms with Gasteiger partial charge < -0.3 is 0 Å². The predicted molar refractivity (Wildman–Crippen MR) is 80.2 cm³/mol. The van der Waals surface area contributed by atoms with Crippen molar-refractivity contribution in [1.29, 1.82) is 0 Å². The standard InChI is InChI=1S/C13H17N3OS2/c1-13(2,3)10-6-5-9(19-10)7-16-8-14-11(18-4)15-12(16)17/h5-6,8H,7H2,1-4H3. The summed E-state index contributed by atoms with van der Waals surface area (Å²) in [7, 11) is 0. The number of rotatable bonds is 3. The van der Waals surface area contributed by atoms with Crippen LogP contribution < -0.4 is 5.69 Å². The van der Waals surface area contributed by atoms with E-state index in [9.17, 15) is 4.79 Å². The number of thiophene rings is 1.